The Bertz CT molecular complexity index is 965. The highest BCUT2D eigenvalue weighted by atomic mass is 79.9. The molecule has 0 radical (unpaired) electrons. The van der Waals surface area contributed by atoms with Crippen molar-refractivity contribution >= 4 is 60.4 Å². The zero-order valence-electron chi connectivity index (χ0n) is 13.7. The van der Waals surface area contributed by atoms with Crippen LogP contribution in [-0.2, 0) is 16.4 Å². The SMILES string of the molecule is O=S1(=O)C[C@H]2[C@H](C1)N(c1cccc(Cl)c1)C(=S)N2Cc1ccc(Br)cc1. The van der Waals surface area contributed by atoms with Gasteiger partial charge in [-0.15, -0.1) is 0 Å². The number of nitrogens with zero attached hydrogens (tertiary/aromatic N) is 2. The van der Waals surface area contributed by atoms with Gasteiger partial charge in [0.1, 0.15) is 0 Å². The van der Waals surface area contributed by atoms with Crippen molar-refractivity contribution in [3.05, 3.63) is 63.6 Å². The van der Waals surface area contributed by atoms with E-state index in [1.807, 2.05) is 52.3 Å². The van der Waals surface area contributed by atoms with Gasteiger partial charge >= 0.3 is 0 Å². The van der Waals surface area contributed by atoms with Gasteiger partial charge in [0.05, 0.1) is 23.6 Å². The fraction of sp³-hybridized carbons (Fsp3) is 0.278. The van der Waals surface area contributed by atoms with Crippen molar-refractivity contribution in [2.75, 3.05) is 16.4 Å². The molecule has 2 aliphatic rings. The molecule has 2 atom stereocenters. The maximum atomic E-state index is 12.3. The second-order valence-electron chi connectivity index (χ2n) is 6.60. The highest BCUT2D eigenvalue weighted by molar-refractivity contribution is 9.10. The molecule has 0 aliphatic carbocycles. The van der Waals surface area contributed by atoms with Crippen molar-refractivity contribution in [3.8, 4) is 0 Å². The second kappa shape index (κ2) is 6.78. The number of sulfone groups is 1. The monoisotopic (exact) mass is 470 g/mol. The molecule has 0 spiro atoms. The lowest BCUT2D eigenvalue weighted by Crippen LogP contribution is -2.37. The van der Waals surface area contributed by atoms with E-state index in [9.17, 15) is 8.42 Å². The topological polar surface area (TPSA) is 40.6 Å². The Labute approximate surface area is 171 Å². The zero-order valence-corrected chi connectivity index (χ0v) is 17.7. The van der Waals surface area contributed by atoms with Crippen molar-refractivity contribution in [2.24, 2.45) is 0 Å². The molecular formula is C18H16BrClN2O2S2. The van der Waals surface area contributed by atoms with E-state index in [0.29, 0.717) is 16.7 Å². The highest BCUT2D eigenvalue weighted by Gasteiger charge is 2.51. The van der Waals surface area contributed by atoms with E-state index < -0.39 is 9.84 Å². The largest absolute Gasteiger partial charge is 0.338 e. The van der Waals surface area contributed by atoms with Crippen LogP contribution in [0.3, 0.4) is 0 Å². The molecule has 2 aliphatic heterocycles. The molecule has 8 heteroatoms. The van der Waals surface area contributed by atoms with Crippen molar-refractivity contribution in [1.29, 1.82) is 0 Å². The predicted molar refractivity (Wildman–Crippen MR) is 112 cm³/mol. The normalized spacial score (nSPS) is 24.2. The predicted octanol–water partition coefficient (Wildman–Crippen LogP) is 3.88. The lowest BCUT2D eigenvalue weighted by Gasteiger charge is -2.26. The van der Waals surface area contributed by atoms with Gasteiger partial charge in [-0.3, -0.25) is 0 Å². The molecule has 2 fully saturated rings. The van der Waals surface area contributed by atoms with Gasteiger partial charge in [-0.2, -0.15) is 0 Å². The first-order valence-electron chi connectivity index (χ1n) is 8.14. The molecule has 0 aromatic heterocycles. The summed E-state index contributed by atoms with van der Waals surface area (Å²) in [6.07, 6.45) is 0. The number of fused-ring (bicyclic) bond motifs is 1. The van der Waals surface area contributed by atoms with Crippen LogP contribution < -0.4 is 4.90 Å². The summed E-state index contributed by atoms with van der Waals surface area (Å²) < 4.78 is 25.6. The van der Waals surface area contributed by atoms with Crippen LogP contribution in [0.1, 0.15) is 5.56 Å². The Morgan fingerprint density at radius 3 is 2.50 bits per heavy atom. The van der Waals surface area contributed by atoms with Crippen LogP contribution in [0.2, 0.25) is 5.02 Å². The van der Waals surface area contributed by atoms with Crippen molar-refractivity contribution in [2.45, 2.75) is 18.6 Å². The third kappa shape index (κ3) is 3.38. The smallest absolute Gasteiger partial charge is 0.177 e. The van der Waals surface area contributed by atoms with E-state index >= 15 is 0 Å². The Balaban J connectivity index is 1.70. The fourth-order valence-electron chi connectivity index (χ4n) is 3.68. The van der Waals surface area contributed by atoms with Crippen molar-refractivity contribution in [1.82, 2.24) is 4.90 Å². The first-order valence-corrected chi connectivity index (χ1v) is 11.5. The van der Waals surface area contributed by atoms with Gasteiger partial charge in [-0.25, -0.2) is 8.42 Å². The number of thiocarbonyl (C=S) groups is 1. The Morgan fingerprint density at radius 1 is 1.12 bits per heavy atom. The maximum Gasteiger partial charge on any atom is 0.177 e. The molecule has 4 nitrogen and oxygen atoms in total. The molecule has 0 saturated carbocycles. The summed E-state index contributed by atoms with van der Waals surface area (Å²) >= 11 is 15.3. The van der Waals surface area contributed by atoms with Crippen LogP contribution in [0.15, 0.2) is 53.0 Å². The minimum Gasteiger partial charge on any atom is -0.338 e. The minimum absolute atomic E-state index is 0.112. The van der Waals surface area contributed by atoms with Crippen LogP contribution in [0.25, 0.3) is 0 Å². The van der Waals surface area contributed by atoms with Crippen LogP contribution in [0, 0.1) is 0 Å². The Kier molecular flexibility index (Phi) is 4.75. The number of benzene rings is 2. The van der Waals surface area contributed by atoms with Crippen LogP contribution in [-0.4, -0.2) is 42.0 Å². The van der Waals surface area contributed by atoms with Gasteiger partial charge < -0.3 is 9.80 Å². The molecule has 136 valence electrons. The molecule has 0 bridgehead atoms. The van der Waals surface area contributed by atoms with Gasteiger partial charge in [0.2, 0.25) is 0 Å². The van der Waals surface area contributed by atoms with Gasteiger partial charge in [0, 0.05) is 21.7 Å². The van der Waals surface area contributed by atoms with Crippen molar-refractivity contribution < 1.29 is 8.42 Å². The molecule has 0 unspecified atom stereocenters. The standard InChI is InChI=1S/C18H16BrClN2O2S2/c19-13-6-4-12(5-7-13)9-21-16-10-26(23,24)11-17(16)22(18(21)25)15-3-1-2-14(20)8-15/h1-8,16-17H,9-11H2/t16-,17-/m0/s1. The average Bonchev–Trinajstić information content (AvgIpc) is 3.00. The summed E-state index contributed by atoms with van der Waals surface area (Å²) in [5.74, 6) is 0.243. The summed E-state index contributed by atoms with van der Waals surface area (Å²) in [4.78, 5) is 3.99. The third-order valence-electron chi connectivity index (χ3n) is 4.83. The molecule has 4 rings (SSSR count). The van der Waals surface area contributed by atoms with E-state index in [0.717, 1.165) is 15.7 Å². The van der Waals surface area contributed by atoms with E-state index in [-0.39, 0.29) is 23.6 Å². The zero-order chi connectivity index (χ0) is 18.5. The minimum atomic E-state index is -3.10. The third-order valence-corrected chi connectivity index (χ3v) is 7.72. The van der Waals surface area contributed by atoms with E-state index in [4.69, 9.17) is 23.8 Å². The molecule has 2 aromatic rings. The van der Waals surface area contributed by atoms with Crippen LogP contribution >= 0.6 is 39.7 Å². The van der Waals surface area contributed by atoms with Crippen LogP contribution in [0.5, 0.6) is 0 Å². The Hall–Kier alpha value is -1.15. The first kappa shape index (κ1) is 18.2. The van der Waals surface area contributed by atoms with Crippen LogP contribution in [0.4, 0.5) is 5.69 Å². The molecule has 0 N–H and O–H groups in total. The summed E-state index contributed by atoms with van der Waals surface area (Å²) in [5.41, 5.74) is 1.93. The molecule has 26 heavy (non-hydrogen) atoms. The number of anilines is 1. The van der Waals surface area contributed by atoms with E-state index in [2.05, 4.69) is 15.9 Å². The number of hydrogen-bond acceptors (Lipinski definition) is 3. The highest BCUT2D eigenvalue weighted by Crippen LogP contribution is 2.36. The average molecular weight is 472 g/mol. The lowest BCUT2D eigenvalue weighted by atomic mass is 10.1. The molecule has 0 amide bonds. The summed E-state index contributed by atoms with van der Waals surface area (Å²) in [5, 5.41) is 1.26. The first-order chi connectivity index (χ1) is 12.3. The quantitative estimate of drug-likeness (QED) is 0.636. The fourth-order valence-corrected chi connectivity index (χ4v) is 6.52. The molecule has 2 heterocycles. The van der Waals surface area contributed by atoms with Gasteiger partial charge in [-0.05, 0) is 48.1 Å². The Morgan fingerprint density at radius 2 is 1.81 bits per heavy atom. The van der Waals surface area contributed by atoms with E-state index in [1.165, 1.54) is 0 Å². The van der Waals surface area contributed by atoms with Gasteiger partial charge in [0.15, 0.2) is 14.9 Å². The van der Waals surface area contributed by atoms with E-state index in [1.54, 1.807) is 6.07 Å². The second-order valence-corrected chi connectivity index (χ2v) is 10.5. The lowest BCUT2D eigenvalue weighted by molar-refractivity contribution is 0.351. The number of hydrogen-bond donors (Lipinski definition) is 0. The molecular weight excluding hydrogens is 456 g/mol. The number of rotatable bonds is 3. The maximum absolute atomic E-state index is 12.3. The summed E-state index contributed by atoms with van der Waals surface area (Å²) in [6, 6.07) is 15.1. The van der Waals surface area contributed by atoms with Gasteiger partial charge in [0.25, 0.3) is 0 Å². The summed E-state index contributed by atoms with van der Waals surface area (Å²) in [6.45, 7) is 0.583. The van der Waals surface area contributed by atoms with Crippen molar-refractivity contribution in [3.63, 3.8) is 0 Å². The molecule has 2 aromatic carbocycles. The number of halogens is 2. The molecule has 2 saturated heterocycles. The van der Waals surface area contributed by atoms with Gasteiger partial charge in [-0.1, -0.05) is 45.7 Å². The summed E-state index contributed by atoms with van der Waals surface area (Å²) in [7, 11) is -3.10.